The van der Waals surface area contributed by atoms with Crippen LogP contribution < -0.4 is 0 Å². The molecule has 0 aromatic rings. The van der Waals surface area contributed by atoms with Crippen LogP contribution in [0.1, 0.15) is 13.8 Å². The van der Waals surface area contributed by atoms with Crippen LogP contribution in [0.4, 0.5) is 0 Å². The highest BCUT2D eigenvalue weighted by molar-refractivity contribution is 7.32. The predicted molar refractivity (Wildman–Crippen MR) is 38.1 cm³/mol. The van der Waals surface area contributed by atoms with Gasteiger partial charge in [0.1, 0.15) is 0 Å². The fourth-order valence-electron chi connectivity index (χ4n) is 0.442. The summed E-state index contributed by atoms with van der Waals surface area (Å²) in [5.74, 6) is -0.887. The van der Waals surface area contributed by atoms with Crippen molar-refractivity contribution in [3.8, 4) is 0 Å². The number of ether oxygens (including phenoxy) is 1. The molecule has 7 heteroatoms. The lowest BCUT2D eigenvalue weighted by atomic mass is 10.4. The Balaban J connectivity index is 3.85. The Bertz CT molecular complexity index is 179. The van der Waals surface area contributed by atoms with Crippen molar-refractivity contribution in [3.05, 3.63) is 0 Å². The highest BCUT2D eigenvalue weighted by atomic mass is 31.1. The normalized spacial score (nSPS) is 16.5. The quantitative estimate of drug-likeness (QED) is 0.372. The zero-order valence-electron chi connectivity index (χ0n) is 6.63. The topological polar surface area (TPSA) is 93.1 Å². The van der Waals surface area contributed by atoms with E-state index in [9.17, 15) is 9.36 Å². The summed E-state index contributed by atoms with van der Waals surface area (Å²) >= 11 is 0. The van der Waals surface area contributed by atoms with Crippen molar-refractivity contribution in [1.82, 2.24) is 0 Å². The molecule has 6 nitrogen and oxygen atoms in total. The number of carbonyl (C=O) groups is 1. The molecule has 0 rings (SSSR count). The molecule has 0 aromatic heterocycles. The van der Waals surface area contributed by atoms with E-state index in [4.69, 9.17) is 10.00 Å². The summed E-state index contributed by atoms with van der Waals surface area (Å²) in [5, 5.41) is 8.57. The molecule has 3 unspecified atom stereocenters. The first kappa shape index (κ1) is 11.4. The molecule has 2 N–H and O–H groups in total. The van der Waals surface area contributed by atoms with Crippen LogP contribution >= 0.6 is 8.25 Å². The lowest BCUT2D eigenvalue weighted by Crippen LogP contribution is -2.25. The summed E-state index contributed by atoms with van der Waals surface area (Å²) in [4.78, 5) is 19.0. The average Bonchev–Trinajstić information content (AvgIpc) is 1.84. The van der Waals surface area contributed by atoms with E-state index >= 15 is 0 Å². The second kappa shape index (κ2) is 5.16. The van der Waals surface area contributed by atoms with Gasteiger partial charge in [0.05, 0.1) is 0 Å². The molecule has 0 spiro atoms. The zero-order valence-corrected chi connectivity index (χ0v) is 7.52. The number of carbonyl (C=O) groups excluding carboxylic acids is 1. The van der Waals surface area contributed by atoms with Crippen molar-refractivity contribution >= 4 is 14.2 Å². The number of hydrogen-bond acceptors (Lipinski definition) is 5. The number of esters is 1. The molecule has 0 heterocycles. The summed E-state index contributed by atoms with van der Waals surface area (Å²) in [6.45, 7) is 2.48. The lowest BCUT2D eigenvalue weighted by molar-refractivity contribution is -0.172. The van der Waals surface area contributed by atoms with Crippen molar-refractivity contribution in [3.63, 3.8) is 0 Å². The largest absolute Gasteiger partial charge is 0.695 e. The van der Waals surface area contributed by atoms with Crippen molar-refractivity contribution < 1.29 is 28.6 Å². The first-order chi connectivity index (χ1) is 5.43. The van der Waals surface area contributed by atoms with Gasteiger partial charge < -0.3 is 9.84 Å². The van der Waals surface area contributed by atoms with Crippen molar-refractivity contribution in [1.29, 1.82) is 0 Å². The van der Waals surface area contributed by atoms with Crippen LogP contribution in [0.3, 0.4) is 0 Å². The van der Waals surface area contributed by atoms with Crippen molar-refractivity contribution in [2.24, 2.45) is 0 Å². The highest BCUT2D eigenvalue weighted by Crippen LogP contribution is 2.18. The Hall–Kier alpha value is -0.550. The molecule has 70 valence electrons. The van der Waals surface area contributed by atoms with Crippen molar-refractivity contribution in [2.75, 3.05) is 0 Å². The van der Waals surface area contributed by atoms with E-state index in [1.54, 1.807) is 0 Å². The van der Waals surface area contributed by atoms with E-state index in [0.29, 0.717) is 0 Å². The molecule has 0 aliphatic rings. The van der Waals surface area contributed by atoms with Gasteiger partial charge in [0.25, 0.3) is 0 Å². The Morgan fingerprint density at radius 2 is 2.00 bits per heavy atom. The van der Waals surface area contributed by atoms with Crippen molar-refractivity contribution in [2.45, 2.75) is 26.2 Å². The molecule has 0 aromatic carbocycles. The summed E-state index contributed by atoms with van der Waals surface area (Å²) in [7, 11) is -2.83. The Kier molecular flexibility index (Phi) is 4.92. The van der Waals surface area contributed by atoms with E-state index < -0.39 is 26.6 Å². The number of hydrogen-bond donors (Lipinski definition) is 2. The standard InChI is InChI=1S/C5H9O6P/c1-3(11-12(8)9)5(7)10-4(2)6/h3-4,6H,1-2H3/p+1. The summed E-state index contributed by atoms with van der Waals surface area (Å²) in [5.41, 5.74) is 0. The van der Waals surface area contributed by atoms with E-state index in [1.807, 2.05) is 0 Å². The van der Waals surface area contributed by atoms with E-state index in [1.165, 1.54) is 13.8 Å². The second-order valence-corrected chi connectivity index (χ2v) is 2.71. The zero-order chi connectivity index (χ0) is 9.72. The SMILES string of the molecule is CC(O)OC(=O)C(C)O[P+](=O)O. The van der Waals surface area contributed by atoms with Gasteiger partial charge >= 0.3 is 14.2 Å². The fourth-order valence-corrected chi connectivity index (χ4v) is 0.799. The van der Waals surface area contributed by atoms with Gasteiger partial charge in [0.15, 0.2) is 6.29 Å². The molecule has 0 fully saturated rings. The Morgan fingerprint density at radius 1 is 1.50 bits per heavy atom. The van der Waals surface area contributed by atoms with Gasteiger partial charge in [-0.25, -0.2) is 4.79 Å². The minimum Gasteiger partial charge on any atom is -0.434 e. The van der Waals surface area contributed by atoms with Gasteiger partial charge in [-0.3, -0.25) is 0 Å². The number of rotatable bonds is 4. The predicted octanol–water partition coefficient (Wildman–Crippen LogP) is -0.0773. The van der Waals surface area contributed by atoms with Crippen LogP contribution in [0, 0.1) is 0 Å². The minimum absolute atomic E-state index is 0.887. The summed E-state index contributed by atoms with van der Waals surface area (Å²) < 4.78 is 18.5. The molecular weight excluding hydrogens is 187 g/mol. The van der Waals surface area contributed by atoms with E-state index in [0.717, 1.165) is 0 Å². The number of aliphatic hydroxyl groups is 1. The average molecular weight is 197 g/mol. The minimum atomic E-state index is -2.83. The van der Waals surface area contributed by atoms with Crippen LogP contribution in [0.5, 0.6) is 0 Å². The highest BCUT2D eigenvalue weighted by Gasteiger charge is 2.27. The Morgan fingerprint density at radius 3 is 2.33 bits per heavy atom. The maximum absolute atomic E-state index is 10.7. The fraction of sp³-hybridized carbons (Fsp3) is 0.800. The van der Waals surface area contributed by atoms with Gasteiger partial charge in [-0.2, -0.15) is 0 Å². The Labute approximate surface area is 70.1 Å². The molecule has 12 heavy (non-hydrogen) atoms. The third kappa shape index (κ3) is 5.15. The van der Waals surface area contributed by atoms with Crippen LogP contribution in [0.25, 0.3) is 0 Å². The maximum Gasteiger partial charge on any atom is 0.695 e. The van der Waals surface area contributed by atoms with Gasteiger partial charge in [0.2, 0.25) is 6.10 Å². The van der Waals surface area contributed by atoms with Crippen LogP contribution in [0.2, 0.25) is 0 Å². The lowest BCUT2D eigenvalue weighted by Gasteiger charge is -2.07. The van der Waals surface area contributed by atoms with E-state index in [-0.39, 0.29) is 0 Å². The first-order valence-corrected chi connectivity index (χ1v) is 4.28. The summed E-state index contributed by atoms with van der Waals surface area (Å²) in [6, 6.07) is 0. The number of aliphatic hydroxyl groups excluding tert-OH is 1. The molecule has 0 saturated heterocycles. The van der Waals surface area contributed by atoms with Crippen LogP contribution in [-0.2, 0) is 18.6 Å². The second-order valence-electron chi connectivity index (χ2n) is 2.02. The monoisotopic (exact) mass is 197 g/mol. The smallest absolute Gasteiger partial charge is 0.434 e. The van der Waals surface area contributed by atoms with Gasteiger partial charge in [-0.15, -0.1) is 9.42 Å². The van der Waals surface area contributed by atoms with Crippen LogP contribution in [-0.4, -0.2) is 28.4 Å². The van der Waals surface area contributed by atoms with Gasteiger partial charge in [-0.1, -0.05) is 0 Å². The molecule has 0 aliphatic heterocycles. The molecular formula is C5H10O6P+. The molecule has 0 bridgehead atoms. The maximum atomic E-state index is 10.7. The van der Waals surface area contributed by atoms with Gasteiger partial charge in [-0.05, 0) is 13.8 Å². The van der Waals surface area contributed by atoms with Crippen LogP contribution in [0.15, 0.2) is 0 Å². The molecule has 0 saturated carbocycles. The summed E-state index contributed by atoms with van der Waals surface area (Å²) in [6.07, 6.45) is -2.41. The first-order valence-electron chi connectivity index (χ1n) is 3.15. The third-order valence-corrected chi connectivity index (χ3v) is 1.36. The van der Waals surface area contributed by atoms with E-state index in [2.05, 4.69) is 9.26 Å². The van der Waals surface area contributed by atoms with Gasteiger partial charge in [0, 0.05) is 4.57 Å². The molecule has 0 radical (unpaired) electrons. The third-order valence-electron chi connectivity index (χ3n) is 0.867. The molecule has 3 atom stereocenters. The molecule has 0 amide bonds. The molecule has 0 aliphatic carbocycles.